The average molecular weight is 501 g/mol. The van der Waals surface area contributed by atoms with Crippen molar-refractivity contribution in [3.05, 3.63) is 88.8 Å². The fourth-order valence-electron chi connectivity index (χ4n) is 4.93. The predicted molar refractivity (Wildman–Crippen MR) is 146 cm³/mol. The molecule has 7 heteroatoms. The summed E-state index contributed by atoms with van der Waals surface area (Å²) in [5, 5.41) is 16.0. The van der Waals surface area contributed by atoms with Crippen LogP contribution in [0.1, 0.15) is 62.0 Å². The first-order valence-corrected chi connectivity index (χ1v) is 13.0. The minimum absolute atomic E-state index is 0.109. The van der Waals surface area contributed by atoms with E-state index in [4.69, 9.17) is 0 Å². The third-order valence-corrected chi connectivity index (χ3v) is 7.28. The molecule has 0 aliphatic carbocycles. The summed E-state index contributed by atoms with van der Waals surface area (Å²) in [6.45, 7) is 13.0. The Balaban J connectivity index is 1.81. The van der Waals surface area contributed by atoms with Gasteiger partial charge in [0.25, 0.3) is 11.7 Å². The molecule has 3 aromatic rings. The number of Topliss-reactive ketones (excluding diaryl/α,β-unsaturated/α-hetero) is 1. The molecular weight excluding hydrogens is 464 g/mol. The van der Waals surface area contributed by atoms with E-state index < -0.39 is 17.7 Å². The van der Waals surface area contributed by atoms with Gasteiger partial charge in [-0.05, 0) is 49.2 Å². The van der Waals surface area contributed by atoms with Gasteiger partial charge < -0.3 is 14.9 Å². The van der Waals surface area contributed by atoms with Crippen molar-refractivity contribution in [3.63, 3.8) is 0 Å². The van der Waals surface area contributed by atoms with Gasteiger partial charge in [0, 0.05) is 13.1 Å². The lowest BCUT2D eigenvalue weighted by Gasteiger charge is -2.28. The number of benzene rings is 2. The van der Waals surface area contributed by atoms with E-state index in [0.717, 1.165) is 24.3 Å². The highest BCUT2D eigenvalue weighted by Crippen LogP contribution is 2.40. The second kappa shape index (κ2) is 11.1. The molecule has 0 bridgehead atoms. The minimum atomic E-state index is -0.670. The highest BCUT2D eigenvalue weighted by molar-refractivity contribution is 6.46. The lowest BCUT2D eigenvalue weighted by Crippen LogP contribution is -2.38. The number of carbonyl (C=O) groups is 2. The molecule has 1 aliphatic rings. The molecule has 1 atom stereocenters. The third kappa shape index (κ3) is 5.09. The lowest BCUT2D eigenvalue weighted by molar-refractivity contribution is -0.140. The summed E-state index contributed by atoms with van der Waals surface area (Å²) in [6.07, 6.45) is 1.56. The first-order valence-electron chi connectivity index (χ1n) is 13.0. The number of likely N-dealkylation sites (N-methyl/N-ethyl adjacent to an activating group) is 1. The number of amides is 1. The fourth-order valence-corrected chi connectivity index (χ4v) is 4.93. The molecule has 1 saturated heterocycles. The van der Waals surface area contributed by atoms with E-state index in [1.54, 1.807) is 15.8 Å². The van der Waals surface area contributed by atoms with Gasteiger partial charge in [0.05, 0.1) is 34.8 Å². The monoisotopic (exact) mass is 500 g/mol. The maximum absolute atomic E-state index is 13.4. The summed E-state index contributed by atoms with van der Waals surface area (Å²) in [7, 11) is 0. The molecule has 37 heavy (non-hydrogen) atoms. The van der Waals surface area contributed by atoms with Crippen LogP contribution in [0.3, 0.4) is 0 Å². The molecule has 1 aliphatic heterocycles. The van der Waals surface area contributed by atoms with Crippen molar-refractivity contribution in [1.29, 1.82) is 0 Å². The van der Waals surface area contributed by atoms with Crippen molar-refractivity contribution >= 4 is 17.4 Å². The van der Waals surface area contributed by atoms with E-state index in [1.165, 1.54) is 5.56 Å². The second-order valence-corrected chi connectivity index (χ2v) is 9.73. The van der Waals surface area contributed by atoms with Crippen molar-refractivity contribution in [3.8, 4) is 5.69 Å². The Hall–Kier alpha value is -3.71. The molecule has 1 fully saturated rings. The van der Waals surface area contributed by atoms with Gasteiger partial charge in [-0.2, -0.15) is 5.10 Å². The Morgan fingerprint density at radius 2 is 1.68 bits per heavy atom. The van der Waals surface area contributed by atoms with Gasteiger partial charge in [0.2, 0.25) is 0 Å². The molecule has 0 radical (unpaired) electrons. The van der Waals surface area contributed by atoms with Crippen LogP contribution in [-0.4, -0.2) is 62.6 Å². The molecule has 2 heterocycles. The van der Waals surface area contributed by atoms with Gasteiger partial charge in [0.15, 0.2) is 0 Å². The number of hydrogen-bond acceptors (Lipinski definition) is 5. The average Bonchev–Trinajstić information content (AvgIpc) is 3.42. The van der Waals surface area contributed by atoms with Crippen LogP contribution in [0.4, 0.5) is 0 Å². The zero-order chi connectivity index (χ0) is 26.7. The molecule has 1 amide bonds. The SMILES string of the molecule is CCN(CC)CCN1C(=O)C(=O)C(=C(O)c2cnn(-c3ccccc3)c2C)C1c1ccc(C(C)C)cc1. The van der Waals surface area contributed by atoms with Crippen LogP contribution in [0.2, 0.25) is 0 Å². The first-order chi connectivity index (χ1) is 17.8. The number of likely N-dealkylation sites (tertiary alicyclic amines) is 1. The Kier molecular flexibility index (Phi) is 7.93. The number of nitrogens with zero attached hydrogens (tertiary/aromatic N) is 4. The van der Waals surface area contributed by atoms with E-state index in [1.807, 2.05) is 61.5 Å². The number of ketones is 1. The molecule has 1 aromatic heterocycles. The Labute approximate surface area is 219 Å². The highest BCUT2D eigenvalue weighted by atomic mass is 16.3. The molecule has 0 saturated carbocycles. The van der Waals surface area contributed by atoms with Crippen LogP contribution in [0.5, 0.6) is 0 Å². The number of aliphatic hydroxyl groups excluding tert-OH is 1. The number of para-hydroxylation sites is 1. The van der Waals surface area contributed by atoms with Crippen molar-refractivity contribution in [2.24, 2.45) is 0 Å². The third-order valence-electron chi connectivity index (χ3n) is 7.28. The minimum Gasteiger partial charge on any atom is -0.507 e. The van der Waals surface area contributed by atoms with E-state index in [2.05, 4.69) is 37.7 Å². The zero-order valence-corrected chi connectivity index (χ0v) is 22.3. The standard InChI is InChI=1S/C30H36N4O3/c1-6-32(7-2)17-18-33-27(23-15-13-22(14-16-23)20(3)4)26(29(36)30(33)37)28(35)25-19-31-34(21(25)5)24-11-9-8-10-12-24/h8-16,19-20,27,35H,6-7,17-18H2,1-5H3. The molecule has 2 aromatic carbocycles. The van der Waals surface area contributed by atoms with E-state index in [-0.39, 0.29) is 11.3 Å². The van der Waals surface area contributed by atoms with Gasteiger partial charge in [-0.1, -0.05) is 70.2 Å². The lowest BCUT2D eigenvalue weighted by atomic mass is 9.93. The summed E-state index contributed by atoms with van der Waals surface area (Å²) in [5.74, 6) is -1.09. The molecule has 1 N–H and O–H groups in total. The number of rotatable bonds is 9. The van der Waals surface area contributed by atoms with Crippen LogP contribution >= 0.6 is 0 Å². The molecular formula is C30H36N4O3. The van der Waals surface area contributed by atoms with E-state index >= 15 is 0 Å². The van der Waals surface area contributed by atoms with Crippen LogP contribution in [0.25, 0.3) is 11.4 Å². The Morgan fingerprint density at radius 3 is 2.27 bits per heavy atom. The van der Waals surface area contributed by atoms with E-state index in [0.29, 0.717) is 30.3 Å². The van der Waals surface area contributed by atoms with Gasteiger partial charge in [-0.15, -0.1) is 0 Å². The van der Waals surface area contributed by atoms with Crippen molar-refractivity contribution < 1.29 is 14.7 Å². The number of aliphatic hydroxyl groups is 1. The number of aromatic nitrogens is 2. The molecule has 1 unspecified atom stereocenters. The Morgan fingerprint density at radius 1 is 1.03 bits per heavy atom. The van der Waals surface area contributed by atoms with Gasteiger partial charge in [0.1, 0.15) is 5.76 Å². The van der Waals surface area contributed by atoms with Crippen molar-refractivity contribution in [1.82, 2.24) is 19.6 Å². The maximum Gasteiger partial charge on any atom is 0.295 e. The second-order valence-electron chi connectivity index (χ2n) is 9.73. The van der Waals surface area contributed by atoms with E-state index in [9.17, 15) is 14.7 Å². The van der Waals surface area contributed by atoms with Crippen molar-refractivity contribution in [2.45, 2.75) is 46.6 Å². The normalized spacial score (nSPS) is 17.4. The summed E-state index contributed by atoms with van der Waals surface area (Å²) in [4.78, 5) is 30.5. The summed E-state index contributed by atoms with van der Waals surface area (Å²) in [5.41, 5.74) is 4.06. The fraction of sp³-hybridized carbons (Fsp3) is 0.367. The van der Waals surface area contributed by atoms with Crippen LogP contribution < -0.4 is 0 Å². The van der Waals surface area contributed by atoms with Gasteiger partial charge in [-0.3, -0.25) is 9.59 Å². The maximum atomic E-state index is 13.4. The zero-order valence-electron chi connectivity index (χ0n) is 22.3. The van der Waals surface area contributed by atoms with Crippen molar-refractivity contribution in [2.75, 3.05) is 26.2 Å². The molecule has 0 spiro atoms. The molecule has 4 rings (SSSR count). The van der Waals surface area contributed by atoms with Gasteiger partial charge in [-0.25, -0.2) is 4.68 Å². The predicted octanol–water partition coefficient (Wildman–Crippen LogP) is 5.07. The summed E-state index contributed by atoms with van der Waals surface area (Å²) < 4.78 is 1.72. The van der Waals surface area contributed by atoms with Crippen LogP contribution in [0, 0.1) is 6.92 Å². The smallest absolute Gasteiger partial charge is 0.295 e. The van der Waals surface area contributed by atoms with Crippen LogP contribution in [-0.2, 0) is 9.59 Å². The summed E-state index contributed by atoms with van der Waals surface area (Å²) in [6, 6.07) is 16.9. The molecule has 194 valence electrons. The Bertz CT molecular complexity index is 1290. The molecule has 7 nitrogen and oxygen atoms in total. The largest absolute Gasteiger partial charge is 0.507 e. The topological polar surface area (TPSA) is 78.7 Å². The highest BCUT2D eigenvalue weighted by Gasteiger charge is 2.46. The van der Waals surface area contributed by atoms with Gasteiger partial charge >= 0.3 is 0 Å². The summed E-state index contributed by atoms with van der Waals surface area (Å²) >= 11 is 0. The van der Waals surface area contributed by atoms with Crippen LogP contribution in [0.15, 0.2) is 66.4 Å². The first kappa shape index (κ1) is 26.4. The number of carbonyl (C=O) groups excluding carboxylic acids is 2. The number of hydrogen-bond donors (Lipinski definition) is 1. The quantitative estimate of drug-likeness (QED) is 0.252.